The van der Waals surface area contributed by atoms with Gasteiger partial charge in [-0.1, -0.05) is 48.5 Å². The van der Waals surface area contributed by atoms with Crippen molar-refractivity contribution in [2.75, 3.05) is 108 Å². The molecule has 0 aromatic heterocycles. The molecule has 4 aromatic carbocycles. The van der Waals surface area contributed by atoms with Gasteiger partial charge in [-0.25, -0.2) is 19.2 Å². The highest BCUT2D eigenvalue weighted by Gasteiger charge is 2.12. The fraction of sp³-hybridized carbons (Fsp3) is 0.515. The Balaban J connectivity index is 0.000000565. The second-order valence-corrected chi connectivity index (χ2v) is 19.2. The lowest BCUT2D eigenvalue weighted by molar-refractivity contribution is 0.0473. The quantitative estimate of drug-likeness (QED) is 0.0174. The first-order valence-corrected chi connectivity index (χ1v) is 28.8. The molecule has 0 aliphatic carbocycles. The average molecular weight is 1170 g/mol. The van der Waals surface area contributed by atoms with Crippen LogP contribution in [0.25, 0.3) is 0 Å². The van der Waals surface area contributed by atoms with Gasteiger partial charge in [-0.05, 0) is 166 Å². The van der Waals surface area contributed by atoms with Crippen molar-refractivity contribution in [1.82, 2.24) is 0 Å². The molecule has 0 fully saturated rings. The number of esters is 4. The van der Waals surface area contributed by atoms with Crippen molar-refractivity contribution < 1.29 is 85.7 Å². The van der Waals surface area contributed by atoms with Crippen molar-refractivity contribution >= 4 is 47.0 Å². The topological polar surface area (TPSA) is 229 Å². The molecule has 0 saturated heterocycles. The standard InChI is InChI=1S/2C19H28O5.2C14H18O4/c1-16(20)17-8-10-18(11-9-17)19(21)24-15-7-6-14-23-13-5-3-4-12-22-2;1-16(20)17-9-8-10-18(15-17)19(21)24-14-7-6-13-23-12-5-3-4-11-22-2;1-11(15)12-5-7-13(8-6-12)14(16)18-10-4-3-9-17-2;1-11(15)12-6-5-7-13(10-12)14(16)18-9-4-3-8-17-2/h8-11H,3-7,12-15H2,1-2H3;8-10,15H,3-7,11-14H2,1-2H3;5-8H,3-4,9-10H2,1-2H3;5-7,10H,3-4,8-9H2,1-2H3. The fourth-order valence-electron chi connectivity index (χ4n) is 7.17. The van der Waals surface area contributed by atoms with Crippen LogP contribution in [-0.4, -0.2) is 155 Å². The Morgan fingerprint density at radius 2 is 0.464 bits per heavy atom. The second-order valence-electron chi connectivity index (χ2n) is 19.2. The van der Waals surface area contributed by atoms with Crippen molar-refractivity contribution in [2.24, 2.45) is 0 Å². The molecule has 18 heteroatoms. The van der Waals surface area contributed by atoms with Gasteiger partial charge in [0.1, 0.15) is 0 Å². The normalized spacial score (nSPS) is 10.4. The lowest BCUT2D eigenvalue weighted by Crippen LogP contribution is -2.08. The summed E-state index contributed by atoms with van der Waals surface area (Å²) in [5, 5.41) is 0. The Morgan fingerprint density at radius 3 is 0.738 bits per heavy atom. The lowest BCUT2D eigenvalue weighted by atomic mass is 10.1. The molecule has 0 unspecified atom stereocenters. The molecule has 0 radical (unpaired) electrons. The fourth-order valence-corrected chi connectivity index (χ4v) is 7.17. The van der Waals surface area contributed by atoms with Gasteiger partial charge >= 0.3 is 23.9 Å². The Hall–Kier alpha value is -6.80. The molecule has 18 nitrogen and oxygen atoms in total. The van der Waals surface area contributed by atoms with Crippen LogP contribution in [0, 0.1) is 0 Å². The van der Waals surface area contributed by atoms with E-state index in [4.69, 9.17) is 47.4 Å². The zero-order valence-corrected chi connectivity index (χ0v) is 51.0. The van der Waals surface area contributed by atoms with Crippen LogP contribution in [0.4, 0.5) is 0 Å². The number of benzene rings is 4. The number of rotatable bonds is 40. The highest BCUT2D eigenvalue weighted by Crippen LogP contribution is 2.12. The van der Waals surface area contributed by atoms with Crippen LogP contribution < -0.4 is 0 Å². The van der Waals surface area contributed by atoms with E-state index in [-0.39, 0.29) is 35.1 Å². The summed E-state index contributed by atoms with van der Waals surface area (Å²) < 4.78 is 51.4. The molecule has 464 valence electrons. The summed E-state index contributed by atoms with van der Waals surface area (Å²) in [5.74, 6) is -1.67. The summed E-state index contributed by atoms with van der Waals surface area (Å²) in [7, 11) is 6.70. The van der Waals surface area contributed by atoms with E-state index < -0.39 is 11.9 Å². The van der Waals surface area contributed by atoms with Crippen molar-refractivity contribution in [2.45, 2.75) is 118 Å². The van der Waals surface area contributed by atoms with E-state index >= 15 is 0 Å². The zero-order valence-electron chi connectivity index (χ0n) is 51.0. The van der Waals surface area contributed by atoms with E-state index in [0.29, 0.717) is 97.4 Å². The minimum atomic E-state index is -0.393. The maximum absolute atomic E-state index is 11.9. The molecule has 0 heterocycles. The van der Waals surface area contributed by atoms with Crippen LogP contribution in [0.3, 0.4) is 0 Å². The van der Waals surface area contributed by atoms with Crippen molar-refractivity contribution in [3.05, 3.63) is 142 Å². The van der Waals surface area contributed by atoms with E-state index in [0.717, 1.165) is 116 Å². The summed E-state index contributed by atoms with van der Waals surface area (Å²) in [6, 6.07) is 26.1. The van der Waals surface area contributed by atoms with Gasteiger partial charge in [0.05, 0.1) is 48.7 Å². The Bertz CT molecular complexity index is 2470. The number of Topliss-reactive ketones (excluding diaryl/α,β-unsaturated/α-hetero) is 4. The van der Waals surface area contributed by atoms with Crippen LogP contribution in [-0.2, 0) is 47.4 Å². The maximum Gasteiger partial charge on any atom is 0.338 e. The molecule has 0 bridgehead atoms. The maximum atomic E-state index is 11.9. The minimum Gasteiger partial charge on any atom is -0.462 e. The third-order valence-electron chi connectivity index (χ3n) is 12.1. The van der Waals surface area contributed by atoms with Crippen molar-refractivity contribution in [1.29, 1.82) is 0 Å². The number of methoxy groups -OCH3 is 4. The number of ether oxygens (including phenoxy) is 10. The summed E-state index contributed by atoms with van der Waals surface area (Å²) in [6.07, 6.45) is 13.0. The highest BCUT2D eigenvalue weighted by atomic mass is 16.5. The predicted molar refractivity (Wildman–Crippen MR) is 321 cm³/mol. The Morgan fingerprint density at radius 1 is 0.250 bits per heavy atom. The molecule has 0 aliphatic rings. The highest BCUT2D eigenvalue weighted by molar-refractivity contribution is 5.99. The van der Waals surface area contributed by atoms with Crippen LogP contribution in [0.2, 0.25) is 0 Å². The third-order valence-corrected chi connectivity index (χ3v) is 12.1. The third kappa shape index (κ3) is 37.4. The summed E-state index contributed by atoms with van der Waals surface area (Å²) >= 11 is 0. The lowest BCUT2D eigenvalue weighted by Gasteiger charge is -2.06. The van der Waals surface area contributed by atoms with Crippen LogP contribution in [0.1, 0.15) is 200 Å². The average Bonchev–Trinajstić information content (AvgIpc) is 3.67. The van der Waals surface area contributed by atoms with E-state index in [1.54, 1.807) is 126 Å². The van der Waals surface area contributed by atoms with Gasteiger partial charge in [-0.2, -0.15) is 0 Å². The number of unbranched alkanes of at least 4 members (excludes halogenated alkanes) is 8. The monoisotopic (exact) mass is 1170 g/mol. The molecule has 0 saturated carbocycles. The molecule has 84 heavy (non-hydrogen) atoms. The van der Waals surface area contributed by atoms with Crippen LogP contribution >= 0.6 is 0 Å². The van der Waals surface area contributed by atoms with E-state index in [1.807, 2.05) is 0 Å². The smallest absolute Gasteiger partial charge is 0.338 e. The van der Waals surface area contributed by atoms with Crippen LogP contribution in [0.15, 0.2) is 97.1 Å². The first-order valence-electron chi connectivity index (χ1n) is 28.8. The first-order chi connectivity index (χ1) is 40.6. The summed E-state index contributed by atoms with van der Waals surface area (Å²) in [4.78, 5) is 91.8. The molecular weight excluding hydrogens is 1080 g/mol. The van der Waals surface area contributed by atoms with Gasteiger partial charge < -0.3 is 47.4 Å². The van der Waals surface area contributed by atoms with Gasteiger partial charge in [0.15, 0.2) is 23.1 Å². The molecule has 0 atom stereocenters. The Labute approximate surface area is 497 Å². The molecular formula is C66H92O18. The minimum absolute atomic E-state index is 0.0190. The van der Waals surface area contributed by atoms with E-state index in [2.05, 4.69) is 0 Å². The summed E-state index contributed by atoms with van der Waals surface area (Å²) in [5.41, 5.74) is 3.97. The van der Waals surface area contributed by atoms with Crippen molar-refractivity contribution in [3.63, 3.8) is 0 Å². The molecule has 0 aliphatic heterocycles. The molecule has 4 aromatic rings. The van der Waals surface area contributed by atoms with Gasteiger partial charge in [-0.15, -0.1) is 0 Å². The van der Waals surface area contributed by atoms with Gasteiger partial charge in [-0.3, -0.25) is 19.2 Å². The molecule has 4 rings (SSSR count). The molecule has 0 amide bonds. The van der Waals surface area contributed by atoms with Gasteiger partial charge in [0.2, 0.25) is 0 Å². The Kier molecular flexibility index (Phi) is 44.4. The van der Waals surface area contributed by atoms with Gasteiger partial charge in [0.25, 0.3) is 0 Å². The zero-order chi connectivity index (χ0) is 62.0. The number of hydrogen-bond acceptors (Lipinski definition) is 18. The number of hydrogen-bond donors (Lipinski definition) is 0. The first kappa shape index (κ1) is 75.2. The number of carbonyl (C=O) groups is 8. The predicted octanol–water partition coefficient (Wildman–Crippen LogP) is 12.3. The summed E-state index contributed by atoms with van der Waals surface area (Å²) in [6.45, 7) is 13.3. The van der Waals surface area contributed by atoms with E-state index in [1.165, 1.54) is 27.7 Å². The SMILES string of the molecule is COCCCCCOCCCCOC(=O)c1ccc(C(C)=O)cc1.COCCCCCOCCCCOC(=O)c1cccc(C(C)=O)c1.COCCCCOC(=O)c1ccc(C(C)=O)cc1.COCCCCOC(=O)c1cccc(C(C)=O)c1. The largest absolute Gasteiger partial charge is 0.462 e. The second kappa shape index (κ2) is 49.6. The number of ketones is 4. The van der Waals surface area contributed by atoms with Gasteiger partial charge in [0, 0.05) is 104 Å². The van der Waals surface area contributed by atoms with E-state index in [9.17, 15) is 38.4 Å². The molecule has 0 N–H and O–H groups in total. The van der Waals surface area contributed by atoms with Crippen LogP contribution in [0.5, 0.6) is 0 Å². The number of carbonyl (C=O) groups excluding carboxylic acids is 8. The van der Waals surface area contributed by atoms with Crippen molar-refractivity contribution in [3.8, 4) is 0 Å². The molecule has 0 spiro atoms.